The minimum atomic E-state index is -0.594. The fourth-order valence-electron chi connectivity index (χ4n) is 2.56. The van der Waals surface area contributed by atoms with E-state index in [4.69, 9.17) is 18.9 Å². The lowest BCUT2D eigenvalue weighted by Gasteiger charge is -2.13. The van der Waals surface area contributed by atoms with Gasteiger partial charge in [-0.1, -0.05) is 0 Å². The molecule has 1 aromatic carbocycles. The molecule has 1 saturated heterocycles. The third-order valence-corrected chi connectivity index (χ3v) is 3.81. The van der Waals surface area contributed by atoms with Crippen LogP contribution in [0.5, 0.6) is 17.2 Å². The number of rotatable bonds is 8. The van der Waals surface area contributed by atoms with Gasteiger partial charge < -0.3 is 24.3 Å². The fraction of sp³-hybridized carbons (Fsp3) is 0.389. The summed E-state index contributed by atoms with van der Waals surface area (Å²) in [5.74, 6) is 0.248. The molecule has 1 aliphatic rings. The molecule has 1 heterocycles. The molecule has 146 valence electrons. The molecule has 0 unspecified atom stereocenters. The molecule has 0 bridgehead atoms. The molecule has 27 heavy (non-hydrogen) atoms. The van der Waals surface area contributed by atoms with Crippen molar-refractivity contribution in [2.75, 3.05) is 34.5 Å². The van der Waals surface area contributed by atoms with E-state index in [1.165, 1.54) is 27.4 Å². The van der Waals surface area contributed by atoms with Gasteiger partial charge in [0.1, 0.15) is 5.70 Å². The van der Waals surface area contributed by atoms with Crippen LogP contribution in [0.2, 0.25) is 0 Å². The third-order valence-electron chi connectivity index (χ3n) is 3.81. The Balaban J connectivity index is 2.23. The summed E-state index contributed by atoms with van der Waals surface area (Å²) < 4.78 is 20.6. The van der Waals surface area contributed by atoms with Crippen LogP contribution < -0.4 is 19.5 Å². The maximum atomic E-state index is 12.5. The lowest BCUT2D eigenvalue weighted by Crippen LogP contribution is -2.33. The number of nitrogens with zero attached hydrogens (tertiary/aromatic N) is 1. The average Bonchev–Trinajstić information content (AvgIpc) is 2.92. The van der Waals surface area contributed by atoms with Gasteiger partial charge in [-0.15, -0.1) is 0 Å². The van der Waals surface area contributed by atoms with Gasteiger partial charge in [0.25, 0.3) is 5.91 Å². The molecule has 0 atom stereocenters. The van der Waals surface area contributed by atoms with E-state index in [1.54, 1.807) is 19.1 Å². The number of benzene rings is 1. The normalized spacial score (nSPS) is 15.0. The standard InChI is InChI=1S/C18H22N2O7/c1-5-27-15(21)6-7-20-17(22)12(19-18(20)23)8-11-9-13(24-2)16(26-4)14(10-11)25-3/h8-10H,5-7H2,1-4H3,(H,19,23). The van der Waals surface area contributed by atoms with Crippen LogP contribution in [0.3, 0.4) is 0 Å². The first-order valence-corrected chi connectivity index (χ1v) is 8.25. The molecule has 1 aromatic rings. The Morgan fingerprint density at radius 2 is 1.74 bits per heavy atom. The van der Waals surface area contributed by atoms with Gasteiger partial charge in [0.05, 0.1) is 34.4 Å². The molecule has 9 heteroatoms. The van der Waals surface area contributed by atoms with E-state index in [0.717, 1.165) is 4.90 Å². The van der Waals surface area contributed by atoms with Gasteiger partial charge in [-0.25, -0.2) is 4.79 Å². The second-order valence-electron chi connectivity index (χ2n) is 5.46. The number of amides is 3. The van der Waals surface area contributed by atoms with Crippen molar-refractivity contribution in [3.63, 3.8) is 0 Å². The average molecular weight is 378 g/mol. The highest BCUT2D eigenvalue weighted by atomic mass is 16.5. The van der Waals surface area contributed by atoms with Crippen molar-refractivity contribution in [3.05, 3.63) is 23.4 Å². The highest BCUT2D eigenvalue weighted by Crippen LogP contribution is 2.38. The Hall–Kier alpha value is -3.23. The predicted molar refractivity (Wildman–Crippen MR) is 95.6 cm³/mol. The van der Waals surface area contributed by atoms with Gasteiger partial charge in [-0.05, 0) is 30.7 Å². The monoisotopic (exact) mass is 378 g/mol. The summed E-state index contributed by atoms with van der Waals surface area (Å²) in [7, 11) is 4.45. The van der Waals surface area contributed by atoms with Crippen molar-refractivity contribution in [2.45, 2.75) is 13.3 Å². The first-order chi connectivity index (χ1) is 12.9. The summed E-state index contributed by atoms with van der Waals surface area (Å²) in [5.41, 5.74) is 0.651. The fourth-order valence-corrected chi connectivity index (χ4v) is 2.56. The molecular weight excluding hydrogens is 356 g/mol. The minimum absolute atomic E-state index is 0.0594. The van der Waals surface area contributed by atoms with Gasteiger partial charge in [0, 0.05) is 6.54 Å². The maximum absolute atomic E-state index is 12.5. The van der Waals surface area contributed by atoms with Crippen molar-refractivity contribution in [1.29, 1.82) is 0 Å². The summed E-state index contributed by atoms with van der Waals surface area (Å²) >= 11 is 0. The number of hydrogen-bond donors (Lipinski definition) is 1. The molecule has 0 aliphatic carbocycles. The maximum Gasteiger partial charge on any atom is 0.329 e. The van der Waals surface area contributed by atoms with Crippen LogP contribution in [0.1, 0.15) is 18.9 Å². The molecule has 0 aromatic heterocycles. The second-order valence-corrected chi connectivity index (χ2v) is 5.46. The number of carbonyl (C=O) groups excluding carboxylic acids is 3. The Morgan fingerprint density at radius 1 is 1.11 bits per heavy atom. The Kier molecular flexibility index (Phi) is 6.64. The summed E-state index contributed by atoms with van der Waals surface area (Å²) in [6.07, 6.45) is 1.43. The number of ether oxygens (including phenoxy) is 4. The molecule has 0 saturated carbocycles. The molecule has 1 N–H and O–H groups in total. The summed E-state index contributed by atoms with van der Waals surface area (Å²) in [6.45, 7) is 1.87. The molecule has 9 nitrogen and oxygen atoms in total. The number of hydrogen-bond acceptors (Lipinski definition) is 7. The van der Waals surface area contributed by atoms with E-state index >= 15 is 0 Å². The molecule has 1 fully saturated rings. The van der Waals surface area contributed by atoms with E-state index < -0.39 is 17.9 Å². The van der Waals surface area contributed by atoms with Crippen molar-refractivity contribution in [1.82, 2.24) is 10.2 Å². The van der Waals surface area contributed by atoms with Crippen molar-refractivity contribution < 1.29 is 33.3 Å². The van der Waals surface area contributed by atoms with E-state index in [0.29, 0.717) is 22.8 Å². The molecule has 3 amide bonds. The molecule has 0 spiro atoms. The predicted octanol–water partition coefficient (Wildman–Crippen LogP) is 1.56. The smallest absolute Gasteiger partial charge is 0.329 e. The zero-order chi connectivity index (χ0) is 20.0. The number of esters is 1. The van der Waals surface area contributed by atoms with Crippen LogP contribution in [0.25, 0.3) is 6.08 Å². The van der Waals surface area contributed by atoms with Gasteiger partial charge in [-0.3, -0.25) is 14.5 Å². The largest absolute Gasteiger partial charge is 0.493 e. The summed E-state index contributed by atoms with van der Waals surface area (Å²) in [6, 6.07) is 2.70. The SMILES string of the molecule is CCOC(=O)CCN1C(=O)NC(=Cc2cc(OC)c(OC)c(OC)c2)C1=O. The number of imide groups is 1. The number of carbonyl (C=O) groups is 3. The zero-order valence-electron chi connectivity index (χ0n) is 15.7. The van der Waals surface area contributed by atoms with Gasteiger partial charge in [0.15, 0.2) is 11.5 Å². The van der Waals surface area contributed by atoms with E-state index in [2.05, 4.69) is 5.32 Å². The number of urea groups is 1. The van der Waals surface area contributed by atoms with E-state index in [-0.39, 0.29) is 25.3 Å². The first-order valence-electron chi connectivity index (χ1n) is 8.25. The lowest BCUT2D eigenvalue weighted by atomic mass is 10.1. The lowest BCUT2D eigenvalue weighted by molar-refractivity contribution is -0.143. The molecule has 1 aliphatic heterocycles. The van der Waals surface area contributed by atoms with Crippen molar-refractivity contribution in [2.24, 2.45) is 0 Å². The Bertz CT molecular complexity index is 748. The molecule has 2 rings (SSSR count). The molecular formula is C18H22N2O7. The number of nitrogens with one attached hydrogen (secondary N) is 1. The summed E-state index contributed by atoms with van der Waals surface area (Å²) in [5, 5.41) is 2.50. The van der Waals surface area contributed by atoms with Crippen molar-refractivity contribution >= 4 is 24.0 Å². The number of methoxy groups -OCH3 is 3. The minimum Gasteiger partial charge on any atom is -0.493 e. The molecule has 0 radical (unpaired) electrons. The quantitative estimate of drug-likeness (QED) is 0.416. The highest BCUT2D eigenvalue weighted by Gasteiger charge is 2.33. The Labute approximate surface area is 156 Å². The van der Waals surface area contributed by atoms with Crippen LogP contribution in [0.4, 0.5) is 4.79 Å². The van der Waals surface area contributed by atoms with Crippen molar-refractivity contribution in [3.8, 4) is 17.2 Å². The van der Waals surface area contributed by atoms with E-state index in [1.807, 2.05) is 0 Å². The summed E-state index contributed by atoms with van der Waals surface area (Å²) in [4.78, 5) is 36.9. The van der Waals surface area contributed by atoms with Gasteiger partial charge >= 0.3 is 12.0 Å². The van der Waals surface area contributed by atoms with Crippen LogP contribution in [0.15, 0.2) is 17.8 Å². The second kappa shape index (κ2) is 8.93. The van der Waals surface area contributed by atoms with Gasteiger partial charge in [0.2, 0.25) is 5.75 Å². The zero-order valence-corrected chi connectivity index (χ0v) is 15.7. The highest BCUT2D eigenvalue weighted by molar-refractivity contribution is 6.14. The Morgan fingerprint density at radius 3 is 2.26 bits per heavy atom. The third kappa shape index (κ3) is 4.49. The van der Waals surface area contributed by atoms with Crippen LogP contribution in [0, 0.1) is 0 Å². The topological polar surface area (TPSA) is 103 Å². The first kappa shape index (κ1) is 20.1. The van der Waals surface area contributed by atoms with Gasteiger partial charge in [-0.2, -0.15) is 0 Å². The van der Waals surface area contributed by atoms with E-state index in [9.17, 15) is 14.4 Å². The van der Waals surface area contributed by atoms with Crippen LogP contribution in [-0.2, 0) is 14.3 Å². The van der Waals surface area contributed by atoms with Crippen LogP contribution >= 0.6 is 0 Å². The van der Waals surface area contributed by atoms with Crippen LogP contribution in [-0.4, -0.2) is 57.3 Å².